The summed E-state index contributed by atoms with van der Waals surface area (Å²) in [6.07, 6.45) is 1.76. The summed E-state index contributed by atoms with van der Waals surface area (Å²) in [4.78, 5) is -0.297. The molecule has 1 nitrogen and oxygen atoms in total. The maximum atomic E-state index is 9.93. The summed E-state index contributed by atoms with van der Waals surface area (Å²) in [5.41, 5.74) is 0. The van der Waals surface area contributed by atoms with E-state index in [0.717, 1.165) is 23.1 Å². The fraction of sp³-hybridized carbons (Fsp3) is 0.857. The zero-order valence-electron chi connectivity index (χ0n) is 7.57. The minimum atomic E-state index is -1.33. The number of hydrogen-bond donors (Lipinski definition) is 1. The van der Waals surface area contributed by atoms with Gasteiger partial charge < -0.3 is 5.11 Å². The lowest BCUT2D eigenvalue weighted by molar-refractivity contribution is 0.191. The molecule has 0 aromatic rings. The number of hydrogen-bond acceptors (Lipinski definition) is 1. The van der Waals surface area contributed by atoms with Crippen molar-refractivity contribution in [3.63, 3.8) is 0 Å². The van der Waals surface area contributed by atoms with Gasteiger partial charge in [-0.25, -0.2) is 0 Å². The van der Waals surface area contributed by atoms with Crippen molar-refractivity contribution in [2.45, 2.75) is 37.3 Å². The Kier molecular flexibility index (Phi) is 3.32. The third kappa shape index (κ3) is 2.56. The van der Waals surface area contributed by atoms with E-state index in [2.05, 4.69) is 26.6 Å². The van der Waals surface area contributed by atoms with Crippen LogP contribution >= 0.6 is 0 Å². The van der Waals surface area contributed by atoms with Crippen molar-refractivity contribution in [3.05, 3.63) is 6.92 Å². The maximum absolute atomic E-state index is 9.93. The quantitative estimate of drug-likeness (QED) is 0.621. The van der Waals surface area contributed by atoms with Crippen molar-refractivity contribution in [1.82, 2.24) is 0 Å². The van der Waals surface area contributed by atoms with Gasteiger partial charge in [-0.05, 0) is 6.42 Å². The predicted octanol–water partition coefficient (Wildman–Crippen LogP) is 0.532. The monoisotopic (exact) mass is 175 g/mol. The first kappa shape index (κ1) is 10.4. The first-order valence-electron chi connectivity index (χ1n) is 3.83. The van der Waals surface area contributed by atoms with Gasteiger partial charge in [0.05, 0.1) is 8.07 Å². The molecular weight excluding hydrogens is 156 g/mol. The molecule has 1 radical (unpaired) electrons. The third-order valence-electron chi connectivity index (χ3n) is 2.28. The summed E-state index contributed by atoms with van der Waals surface area (Å²) in [6.45, 7) is 10.4. The SMILES string of the molecule is [CH2]CCC(O)([SiH3])[Si](C)(C)C. The van der Waals surface area contributed by atoms with Gasteiger partial charge in [0.1, 0.15) is 0 Å². The van der Waals surface area contributed by atoms with E-state index in [0.29, 0.717) is 0 Å². The predicted molar refractivity (Wildman–Crippen MR) is 52.8 cm³/mol. The van der Waals surface area contributed by atoms with Crippen LogP contribution in [0, 0.1) is 6.92 Å². The topological polar surface area (TPSA) is 20.2 Å². The van der Waals surface area contributed by atoms with E-state index in [9.17, 15) is 5.11 Å². The zero-order valence-corrected chi connectivity index (χ0v) is 10.6. The first-order chi connectivity index (χ1) is 4.31. The van der Waals surface area contributed by atoms with Gasteiger partial charge in [0.15, 0.2) is 0 Å². The number of rotatable bonds is 3. The van der Waals surface area contributed by atoms with Crippen LogP contribution in [-0.4, -0.2) is 28.3 Å². The summed E-state index contributed by atoms with van der Waals surface area (Å²) in [5.74, 6) is 0. The van der Waals surface area contributed by atoms with Crippen molar-refractivity contribution in [1.29, 1.82) is 0 Å². The Balaban J connectivity index is 4.10. The summed E-state index contributed by atoms with van der Waals surface area (Å²) < 4.78 is 0. The van der Waals surface area contributed by atoms with Crippen molar-refractivity contribution in [2.24, 2.45) is 0 Å². The average molecular weight is 175 g/mol. The van der Waals surface area contributed by atoms with Crippen LogP contribution in [0.1, 0.15) is 12.8 Å². The van der Waals surface area contributed by atoms with Gasteiger partial charge in [0.2, 0.25) is 0 Å². The average Bonchev–Trinajstić information content (AvgIpc) is 1.61. The lowest BCUT2D eigenvalue weighted by atomic mass is 10.3. The van der Waals surface area contributed by atoms with Crippen molar-refractivity contribution in [2.75, 3.05) is 0 Å². The smallest absolute Gasteiger partial charge is 0.0766 e. The van der Waals surface area contributed by atoms with Gasteiger partial charge in [-0.1, -0.05) is 33.0 Å². The van der Waals surface area contributed by atoms with Crippen LogP contribution in [0.25, 0.3) is 0 Å². The molecule has 0 bridgehead atoms. The molecule has 0 heterocycles. The molecule has 1 unspecified atom stereocenters. The van der Waals surface area contributed by atoms with E-state index < -0.39 is 8.07 Å². The van der Waals surface area contributed by atoms with E-state index in [4.69, 9.17) is 0 Å². The van der Waals surface area contributed by atoms with Crippen LogP contribution in [0.5, 0.6) is 0 Å². The van der Waals surface area contributed by atoms with Gasteiger partial charge in [0, 0.05) is 15.1 Å². The minimum absolute atomic E-state index is 0.297. The summed E-state index contributed by atoms with van der Waals surface area (Å²) >= 11 is 0. The normalized spacial score (nSPS) is 18.9. The van der Waals surface area contributed by atoms with Crippen LogP contribution in [0.15, 0.2) is 0 Å². The molecule has 0 saturated carbocycles. The molecule has 61 valence electrons. The molecule has 0 aliphatic heterocycles. The van der Waals surface area contributed by atoms with E-state index >= 15 is 0 Å². The van der Waals surface area contributed by atoms with Crippen molar-refractivity contribution >= 4 is 18.3 Å². The second kappa shape index (κ2) is 3.19. The van der Waals surface area contributed by atoms with Crippen LogP contribution in [-0.2, 0) is 0 Å². The fourth-order valence-electron chi connectivity index (χ4n) is 0.719. The van der Waals surface area contributed by atoms with E-state index in [-0.39, 0.29) is 4.85 Å². The Hall–Kier alpha value is 0.394. The summed E-state index contributed by atoms with van der Waals surface area (Å²) in [6, 6.07) is 0. The molecule has 0 amide bonds. The fourth-order valence-corrected chi connectivity index (χ4v) is 2.00. The molecule has 10 heavy (non-hydrogen) atoms. The highest BCUT2D eigenvalue weighted by atomic mass is 28.4. The van der Waals surface area contributed by atoms with Crippen molar-refractivity contribution < 1.29 is 5.11 Å². The first-order valence-corrected chi connectivity index (χ1v) is 8.33. The molecule has 0 rings (SSSR count). The molecule has 0 aliphatic carbocycles. The Morgan fingerprint density at radius 1 is 1.50 bits per heavy atom. The Bertz CT molecular complexity index is 105. The van der Waals surface area contributed by atoms with Gasteiger partial charge in [-0.15, -0.1) is 0 Å². The highest BCUT2D eigenvalue weighted by Gasteiger charge is 2.35. The van der Waals surface area contributed by atoms with E-state index in [1.165, 1.54) is 0 Å². The molecule has 0 aromatic carbocycles. The van der Waals surface area contributed by atoms with Crippen LogP contribution in [0.3, 0.4) is 0 Å². The van der Waals surface area contributed by atoms with Crippen molar-refractivity contribution in [3.8, 4) is 0 Å². The summed E-state index contributed by atoms with van der Waals surface area (Å²) in [5, 5.41) is 9.93. The Labute approximate surface area is 68.3 Å². The lowest BCUT2D eigenvalue weighted by Crippen LogP contribution is -2.52. The maximum Gasteiger partial charge on any atom is 0.0766 e. The van der Waals surface area contributed by atoms with E-state index in [1.54, 1.807) is 0 Å². The molecule has 0 aliphatic rings. The molecule has 0 saturated heterocycles. The molecular formula is C7H19OSi2. The zero-order chi connectivity index (χ0) is 8.41. The second-order valence-corrected chi connectivity index (χ2v) is 12.4. The standard InChI is InChI=1S/C7H19OSi2/c1-5-6-7(8,9)10(2,3)4/h8H,1,5-6H2,2-4,9H3. The molecule has 1 N–H and O–H groups in total. The highest BCUT2D eigenvalue weighted by molar-refractivity contribution is 6.84. The minimum Gasteiger partial charge on any atom is -0.398 e. The third-order valence-corrected chi connectivity index (χ3v) is 10.8. The van der Waals surface area contributed by atoms with Gasteiger partial charge >= 0.3 is 0 Å². The molecule has 0 fully saturated rings. The van der Waals surface area contributed by atoms with Gasteiger partial charge in [-0.2, -0.15) is 0 Å². The Morgan fingerprint density at radius 3 is 2.00 bits per heavy atom. The molecule has 1 atom stereocenters. The molecule has 0 aromatic heterocycles. The lowest BCUT2D eigenvalue weighted by Gasteiger charge is -2.35. The Morgan fingerprint density at radius 2 is 1.90 bits per heavy atom. The summed E-state index contributed by atoms with van der Waals surface area (Å²) in [7, 11) is -0.434. The van der Waals surface area contributed by atoms with Gasteiger partial charge in [0.25, 0.3) is 0 Å². The highest BCUT2D eigenvalue weighted by Crippen LogP contribution is 2.21. The van der Waals surface area contributed by atoms with Crippen LogP contribution in [0.4, 0.5) is 0 Å². The van der Waals surface area contributed by atoms with E-state index in [1.807, 2.05) is 0 Å². The van der Waals surface area contributed by atoms with Gasteiger partial charge in [-0.3, -0.25) is 0 Å². The van der Waals surface area contributed by atoms with Crippen LogP contribution < -0.4 is 0 Å². The largest absolute Gasteiger partial charge is 0.398 e. The second-order valence-electron chi connectivity index (χ2n) is 4.13. The molecule has 3 heteroatoms. The van der Waals surface area contributed by atoms with Crippen LogP contribution in [0.2, 0.25) is 19.6 Å². The number of aliphatic hydroxyl groups is 1. The molecule has 0 spiro atoms.